The molecule has 27 heavy (non-hydrogen) atoms. The van der Waals surface area contributed by atoms with E-state index in [4.69, 9.17) is 11.6 Å². The van der Waals surface area contributed by atoms with Crippen molar-refractivity contribution in [3.8, 4) is 0 Å². The van der Waals surface area contributed by atoms with Crippen LogP contribution in [0.15, 0.2) is 36.4 Å². The van der Waals surface area contributed by atoms with Gasteiger partial charge in [-0.05, 0) is 54.2 Å². The van der Waals surface area contributed by atoms with Crippen LogP contribution >= 0.6 is 11.6 Å². The standard InChI is InChI=1S/C22H25ClN2O2/c1-3-16-11-12-19(23)18(4-2)21(16)24-22(27)17-9-7-15(8-10-17)14-25-13-5-6-20(25)26/h7-12H,3-6,13-14H2,1-2H3,(H,24,27). The van der Waals surface area contributed by atoms with Crippen molar-refractivity contribution >= 4 is 29.1 Å². The van der Waals surface area contributed by atoms with Crippen LogP contribution in [-0.2, 0) is 24.2 Å². The second-order valence-corrected chi connectivity index (χ2v) is 7.24. The predicted molar refractivity (Wildman–Crippen MR) is 109 cm³/mol. The van der Waals surface area contributed by atoms with E-state index in [0.29, 0.717) is 23.6 Å². The fraction of sp³-hybridized carbons (Fsp3) is 0.364. The number of likely N-dealkylation sites (tertiary alicyclic amines) is 1. The van der Waals surface area contributed by atoms with Crippen molar-refractivity contribution in [2.24, 2.45) is 0 Å². The Morgan fingerprint density at radius 3 is 2.44 bits per heavy atom. The van der Waals surface area contributed by atoms with Gasteiger partial charge in [0, 0.05) is 35.8 Å². The number of hydrogen-bond acceptors (Lipinski definition) is 2. The lowest BCUT2D eigenvalue weighted by atomic mass is 10.0. The molecule has 0 aliphatic carbocycles. The summed E-state index contributed by atoms with van der Waals surface area (Å²) in [6, 6.07) is 11.3. The highest BCUT2D eigenvalue weighted by Gasteiger charge is 2.20. The molecule has 0 radical (unpaired) electrons. The monoisotopic (exact) mass is 384 g/mol. The summed E-state index contributed by atoms with van der Waals surface area (Å²) in [4.78, 5) is 26.4. The van der Waals surface area contributed by atoms with Crippen molar-refractivity contribution in [2.75, 3.05) is 11.9 Å². The third-order valence-electron chi connectivity index (χ3n) is 5.08. The third-order valence-corrected chi connectivity index (χ3v) is 5.43. The highest BCUT2D eigenvalue weighted by molar-refractivity contribution is 6.32. The lowest BCUT2D eigenvalue weighted by Crippen LogP contribution is -2.23. The van der Waals surface area contributed by atoms with E-state index in [1.54, 1.807) is 0 Å². The van der Waals surface area contributed by atoms with Gasteiger partial charge in [0.15, 0.2) is 0 Å². The molecule has 0 saturated carbocycles. The molecule has 1 N–H and O–H groups in total. The number of nitrogens with zero attached hydrogens (tertiary/aromatic N) is 1. The van der Waals surface area contributed by atoms with Crippen molar-refractivity contribution in [2.45, 2.75) is 46.1 Å². The van der Waals surface area contributed by atoms with Gasteiger partial charge in [0.1, 0.15) is 0 Å². The molecule has 1 aliphatic heterocycles. The van der Waals surface area contributed by atoms with Crippen molar-refractivity contribution in [1.82, 2.24) is 4.90 Å². The molecule has 0 bridgehead atoms. The summed E-state index contributed by atoms with van der Waals surface area (Å²) in [6.07, 6.45) is 3.14. The molecule has 1 aliphatic rings. The van der Waals surface area contributed by atoms with Gasteiger partial charge in [-0.15, -0.1) is 0 Å². The van der Waals surface area contributed by atoms with Crippen molar-refractivity contribution in [3.63, 3.8) is 0 Å². The maximum absolute atomic E-state index is 12.8. The smallest absolute Gasteiger partial charge is 0.255 e. The first-order valence-corrected chi connectivity index (χ1v) is 9.89. The average molecular weight is 385 g/mol. The van der Waals surface area contributed by atoms with E-state index in [0.717, 1.165) is 48.2 Å². The zero-order valence-corrected chi connectivity index (χ0v) is 16.6. The highest BCUT2D eigenvalue weighted by Crippen LogP contribution is 2.30. The summed E-state index contributed by atoms with van der Waals surface area (Å²) in [5.74, 6) is 0.0578. The van der Waals surface area contributed by atoms with Gasteiger partial charge in [0.05, 0.1) is 0 Å². The number of aryl methyl sites for hydroxylation is 1. The first kappa shape index (κ1) is 19.4. The molecular weight excluding hydrogens is 360 g/mol. The molecule has 0 atom stereocenters. The fourth-order valence-electron chi connectivity index (χ4n) is 3.51. The van der Waals surface area contributed by atoms with E-state index in [9.17, 15) is 9.59 Å². The number of halogens is 1. The summed E-state index contributed by atoms with van der Waals surface area (Å²) >= 11 is 6.32. The van der Waals surface area contributed by atoms with E-state index in [1.165, 1.54) is 0 Å². The Morgan fingerprint density at radius 1 is 1.11 bits per heavy atom. The third kappa shape index (κ3) is 4.33. The topological polar surface area (TPSA) is 49.4 Å². The van der Waals surface area contributed by atoms with Crippen molar-refractivity contribution in [3.05, 3.63) is 63.7 Å². The van der Waals surface area contributed by atoms with Crippen LogP contribution in [0.2, 0.25) is 5.02 Å². The van der Waals surface area contributed by atoms with Crippen LogP contribution in [-0.4, -0.2) is 23.3 Å². The Balaban J connectivity index is 1.75. The second-order valence-electron chi connectivity index (χ2n) is 6.84. The highest BCUT2D eigenvalue weighted by atomic mass is 35.5. The fourth-order valence-corrected chi connectivity index (χ4v) is 3.80. The maximum atomic E-state index is 12.8. The molecular formula is C22H25ClN2O2. The Labute approximate surface area is 165 Å². The molecule has 1 saturated heterocycles. The van der Waals surface area contributed by atoms with Gasteiger partial charge in [-0.25, -0.2) is 0 Å². The van der Waals surface area contributed by atoms with Gasteiger partial charge in [-0.2, -0.15) is 0 Å². The Hall–Kier alpha value is -2.33. The van der Waals surface area contributed by atoms with Gasteiger partial charge < -0.3 is 10.2 Å². The maximum Gasteiger partial charge on any atom is 0.255 e. The molecule has 0 aromatic heterocycles. The van der Waals surface area contributed by atoms with E-state index in [1.807, 2.05) is 48.2 Å². The minimum absolute atomic E-state index is 0.148. The first-order valence-electron chi connectivity index (χ1n) is 9.51. The molecule has 2 aromatic rings. The number of benzene rings is 2. The minimum Gasteiger partial charge on any atom is -0.338 e. The molecule has 142 valence electrons. The van der Waals surface area contributed by atoms with E-state index >= 15 is 0 Å². The molecule has 4 nitrogen and oxygen atoms in total. The number of amides is 2. The SMILES string of the molecule is CCc1ccc(Cl)c(CC)c1NC(=O)c1ccc(CN2CCCC2=O)cc1. The summed E-state index contributed by atoms with van der Waals surface area (Å²) in [5.41, 5.74) is 4.50. The van der Waals surface area contributed by atoms with Crippen LogP contribution in [0.5, 0.6) is 0 Å². The largest absolute Gasteiger partial charge is 0.338 e. The van der Waals surface area contributed by atoms with E-state index in [-0.39, 0.29) is 11.8 Å². The summed E-state index contributed by atoms with van der Waals surface area (Å²) in [6.45, 7) is 5.52. The van der Waals surface area contributed by atoms with Crippen LogP contribution in [0.1, 0.15) is 53.7 Å². The number of nitrogens with one attached hydrogen (secondary N) is 1. The van der Waals surface area contributed by atoms with Gasteiger partial charge in [-0.1, -0.05) is 43.6 Å². The first-order chi connectivity index (χ1) is 13.0. The summed E-state index contributed by atoms with van der Waals surface area (Å²) in [7, 11) is 0. The normalized spacial score (nSPS) is 13.9. The molecule has 0 unspecified atom stereocenters. The zero-order valence-electron chi connectivity index (χ0n) is 15.8. The Bertz CT molecular complexity index is 846. The summed E-state index contributed by atoms with van der Waals surface area (Å²) in [5, 5.41) is 3.73. The van der Waals surface area contributed by atoms with Crippen LogP contribution in [0.25, 0.3) is 0 Å². The van der Waals surface area contributed by atoms with Crippen molar-refractivity contribution in [1.29, 1.82) is 0 Å². The van der Waals surface area contributed by atoms with Crippen molar-refractivity contribution < 1.29 is 9.59 Å². The molecule has 2 amide bonds. The lowest BCUT2D eigenvalue weighted by molar-refractivity contribution is -0.128. The van der Waals surface area contributed by atoms with Crippen LogP contribution in [0.3, 0.4) is 0 Å². The average Bonchev–Trinajstić information content (AvgIpc) is 3.07. The molecule has 5 heteroatoms. The Morgan fingerprint density at radius 2 is 1.85 bits per heavy atom. The molecule has 0 spiro atoms. The number of anilines is 1. The van der Waals surface area contributed by atoms with Crippen LogP contribution < -0.4 is 5.32 Å². The number of carbonyl (C=O) groups excluding carboxylic acids is 2. The number of rotatable bonds is 6. The molecule has 1 fully saturated rings. The van der Waals surface area contributed by atoms with Crippen LogP contribution in [0, 0.1) is 0 Å². The lowest BCUT2D eigenvalue weighted by Gasteiger charge is -2.17. The quantitative estimate of drug-likeness (QED) is 0.774. The van der Waals surface area contributed by atoms with Gasteiger partial charge in [0.2, 0.25) is 5.91 Å². The van der Waals surface area contributed by atoms with Gasteiger partial charge >= 0.3 is 0 Å². The van der Waals surface area contributed by atoms with Gasteiger partial charge in [-0.3, -0.25) is 9.59 Å². The number of carbonyl (C=O) groups is 2. The van der Waals surface area contributed by atoms with E-state index < -0.39 is 0 Å². The van der Waals surface area contributed by atoms with Crippen LogP contribution in [0.4, 0.5) is 5.69 Å². The second kappa shape index (κ2) is 8.57. The number of hydrogen-bond donors (Lipinski definition) is 1. The zero-order chi connectivity index (χ0) is 19.4. The van der Waals surface area contributed by atoms with Gasteiger partial charge in [0.25, 0.3) is 5.91 Å². The van der Waals surface area contributed by atoms with E-state index in [2.05, 4.69) is 12.2 Å². The molecule has 1 heterocycles. The minimum atomic E-state index is -0.148. The summed E-state index contributed by atoms with van der Waals surface area (Å²) < 4.78 is 0. The molecule has 2 aromatic carbocycles. The Kier molecular flexibility index (Phi) is 6.17. The molecule has 3 rings (SSSR count). The predicted octanol–water partition coefficient (Wildman–Crippen LogP) is 4.84.